The Balaban J connectivity index is 2.76. The molecule has 1 heterocycles. The number of hydrogen-bond acceptors (Lipinski definition) is 5. The lowest BCUT2D eigenvalue weighted by Gasteiger charge is -2.10. The van der Waals surface area contributed by atoms with Crippen LogP contribution in [0.4, 0.5) is 0 Å². The smallest absolute Gasteiger partial charge is 0.246 e. The first-order valence-electron chi connectivity index (χ1n) is 4.94. The van der Waals surface area contributed by atoms with Crippen LogP contribution in [0.25, 0.3) is 0 Å². The Labute approximate surface area is 109 Å². The van der Waals surface area contributed by atoms with Gasteiger partial charge in [0.25, 0.3) is 0 Å². The van der Waals surface area contributed by atoms with Crippen molar-refractivity contribution in [1.82, 2.24) is 9.88 Å². The summed E-state index contributed by atoms with van der Waals surface area (Å²) in [6, 6.07) is 0. The van der Waals surface area contributed by atoms with Gasteiger partial charge in [0.05, 0.1) is 11.4 Å². The van der Waals surface area contributed by atoms with Crippen molar-refractivity contribution in [3.05, 3.63) is 11.5 Å². The molecular weight excluding hydrogens is 312 g/mol. The summed E-state index contributed by atoms with van der Waals surface area (Å²) >= 11 is 3.30. The van der Waals surface area contributed by atoms with Crippen molar-refractivity contribution in [2.24, 2.45) is 0 Å². The zero-order valence-electron chi connectivity index (χ0n) is 9.86. The predicted molar refractivity (Wildman–Crippen MR) is 65.8 cm³/mol. The molecule has 0 fully saturated rings. The fourth-order valence-corrected chi connectivity index (χ4v) is 3.42. The standard InChI is InChI=1S/C9H15BrN2O4S/c1-6-9(7(2)16-12-6)17(13,14)11-4-8(10)5-15-3/h8,11H,4-5H2,1-3H3. The van der Waals surface area contributed by atoms with Gasteiger partial charge in [0, 0.05) is 13.7 Å². The van der Waals surface area contributed by atoms with Crippen LogP contribution < -0.4 is 4.72 Å². The number of halogens is 1. The quantitative estimate of drug-likeness (QED) is 0.788. The number of alkyl halides is 1. The van der Waals surface area contributed by atoms with Crippen LogP contribution >= 0.6 is 15.9 Å². The van der Waals surface area contributed by atoms with Crippen LogP contribution in [0.5, 0.6) is 0 Å². The lowest BCUT2D eigenvalue weighted by molar-refractivity contribution is 0.201. The molecule has 8 heteroatoms. The van der Waals surface area contributed by atoms with E-state index in [2.05, 4.69) is 25.8 Å². The molecule has 0 radical (unpaired) electrons. The van der Waals surface area contributed by atoms with E-state index in [1.54, 1.807) is 21.0 Å². The molecule has 0 aliphatic rings. The summed E-state index contributed by atoms with van der Waals surface area (Å²) in [5, 5.41) is 3.62. The van der Waals surface area contributed by atoms with E-state index >= 15 is 0 Å². The van der Waals surface area contributed by atoms with Gasteiger partial charge in [0.15, 0.2) is 5.76 Å². The highest BCUT2D eigenvalue weighted by molar-refractivity contribution is 9.09. The largest absolute Gasteiger partial charge is 0.383 e. The van der Waals surface area contributed by atoms with Crippen LogP contribution in [0, 0.1) is 13.8 Å². The van der Waals surface area contributed by atoms with Gasteiger partial charge in [0.1, 0.15) is 10.6 Å². The normalized spacial score (nSPS) is 13.9. The number of aromatic nitrogens is 1. The second kappa shape index (κ2) is 5.94. The highest BCUT2D eigenvalue weighted by atomic mass is 79.9. The fraction of sp³-hybridized carbons (Fsp3) is 0.667. The second-order valence-electron chi connectivity index (χ2n) is 3.56. The van der Waals surface area contributed by atoms with E-state index in [0.29, 0.717) is 12.3 Å². The van der Waals surface area contributed by atoms with Gasteiger partial charge < -0.3 is 9.26 Å². The second-order valence-corrected chi connectivity index (χ2v) is 6.56. The predicted octanol–water partition coefficient (Wildman–Crippen LogP) is 0.980. The van der Waals surface area contributed by atoms with E-state index in [0.717, 1.165) is 0 Å². The number of aryl methyl sites for hydroxylation is 2. The summed E-state index contributed by atoms with van der Waals surface area (Å²) in [4.78, 5) is 0.0253. The van der Waals surface area contributed by atoms with Crippen molar-refractivity contribution in [1.29, 1.82) is 0 Å². The first-order chi connectivity index (χ1) is 7.88. The maximum Gasteiger partial charge on any atom is 0.246 e. The Hall–Kier alpha value is -0.440. The number of nitrogens with one attached hydrogen (secondary N) is 1. The molecule has 0 spiro atoms. The molecule has 1 rings (SSSR count). The Kier molecular flexibility index (Phi) is 5.11. The Morgan fingerprint density at radius 2 is 2.18 bits per heavy atom. The molecule has 1 unspecified atom stereocenters. The van der Waals surface area contributed by atoms with Gasteiger partial charge in [-0.05, 0) is 13.8 Å². The highest BCUT2D eigenvalue weighted by Gasteiger charge is 2.24. The van der Waals surface area contributed by atoms with Gasteiger partial charge in [-0.3, -0.25) is 0 Å². The number of rotatable bonds is 6. The van der Waals surface area contributed by atoms with Gasteiger partial charge in [-0.25, -0.2) is 13.1 Å². The molecule has 17 heavy (non-hydrogen) atoms. The summed E-state index contributed by atoms with van der Waals surface area (Å²) in [5.74, 6) is 0.285. The Morgan fingerprint density at radius 3 is 2.65 bits per heavy atom. The molecule has 1 N–H and O–H groups in total. The first kappa shape index (κ1) is 14.6. The molecule has 0 aliphatic heterocycles. The molecular formula is C9H15BrN2O4S. The third-order valence-corrected chi connectivity index (χ3v) is 4.33. The summed E-state index contributed by atoms with van der Waals surface area (Å²) < 4.78 is 36.1. The van der Waals surface area contributed by atoms with E-state index < -0.39 is 10.0 Å². The van der Waals surface area contributed by atoms with Crippen LogP contribution in [0.2, 0.25) is 0 Å². The molecule has 0 bridgehead atoms. The van der Waals surface area contributed by atoms with Crippen LogP contribution in [-0.4, -0.2) is 38.7 Å². The molecule has 0 saturated heterocycles. The number of ether oxygens (including phenoxy) is 1. The van der Waals surface area contributed by atoms with Crippen LogP contribution in [0.1, 0.15) is 11.5 Å². The van der Waals surface area contributed by atoms with Gasteiger partial charge in [-0.2, -0.15) is 0 Å². The molecule has 1 aromatic rings. The zero-order valence-corrected chi connectivity index (χ0v) is 12.3. The van der Waals surface area contributed by atoms with Gasteiger partial charge in [-0.1, -0.05) is 21.1 Å². The topological polar surface area (TPSA) is 81.4 Å². The minimum atomic E-state index is -3.58. The Bertz CT molecular complexity index is 452. The van der Waals surface area contributed by atoms with Gasteiger partial charge in [0.2, 0.25) is 10.0 Å². The molecule has 98 valence electrons. The maximum absolute atomic E-state index is 12.0. The molecule has 0 aromatic carbocycles. The summed E-state index contributed by atoms with van der Waals surface area (Å²) in [7, 11) is -2.03. The van der Waals surface area contributed by atoms with Crippen molar-refractivity contribution >= 4 is 26.0 Å². The average molecular weight is 327 g/mol. The van der Waals surface area contributed by atoms with E-state index in [1.165, 1.54) is 0 Å². The molecule has 0 saturated carbocycles. The molecule has 6 nitrogen and oxygen atoms in total. The molecule has 1 atom stereocenters. The third-order valence-electron chi connectivity index (χ3n) is 2.08. The van der Waals surface area contributed by atoms with Crippen molar-refractivity contribution in [2.75, 3.05) is 20.3 Å². The minimum absolute atomic E-state index is 0.0808. The molecule has 0 aliphatic carbocycles. The van der Waals surface area contributed by atoms with E-state index in [4.69, 9.17) is 9.26 Å². The summed E-state index contributed by atoms with van der Waals surface area (Å²) in [6.45, 7) is 3.81. The Morgan fingerprint density at radius 1 is 1.53 bits per heavy atom. The van der Waals surface area contributed by atoms with Crippen LogP contribution in [0.3, 0.4) is 0 Å². The van der Waals surface area contributed by atoms with E-state index in [9.17, 15) is 8.42 Å². The summed E-state index contributed by atoms with van der Waals surface area (Å²) in [6.07, 6.45) is 0. The first-order valence-corrected chi connectivity index (χ1v) is 7.34. The number of sulfonamides is 1. The van der Waals surface area contributed by atoms with Gasteiger partial charge in [-0.15, -0.1) is 0 Å². The van der Waals surface area contributed by atoms with Gasteiger partial charge >= 0.3 is 0 Å². The lowest BCUT2D eigenvalue weighted by atomic mass is 10.4. The van der Waals surface area contributed by atoms with Crippen LogP contribution in [-0.2, 0) is 14.8 Å². The maximum atomic E-state index is 12.0. The van der Waals surface area contributed by atoms with Crippen LogP contribution in [0.15, 0.2) is 9.42 Å². The SMILES string of the molecule is COCC(Br)CNS(=O)(=O)c1c(C)noc1C. The monoisotopic (exact) mass is 326 g/mol. The fourth-order valence-electron chi connectivity index (χ4n) is 1.37. The van der Waals surface area contributed by atoms with Crippen molar-refractivity contribution in [2.45, 2.75) is 23.6 Å². The van der Waals surface area contributed by atoms with Crippen molar-refractivity contribution < 1.29 is 17.7 Å². The zero-order chi connectivity index (χ0) is 13.1. The molecule has 0 amide bonds. The number of methoxy groups -OCH3 is 1. The average Bonchev–Trinajstić information content (AvgIpc) is 2.57. The van der Waals surface area contributed by atoms with Crippen molar-refractivity contribution in [3.8, 4) is 0 Å². The van der Waals surface area contributed by atoms with E-state index in [-0.39, 0.29) is 22.0 Å². The van der Waals surface area contributed by atoms with E-state index in [1.807, 2.05) is 0 Å². The molecule has 1 aromatic heterocycles. The number of nitrogens with zero attached hydrogens (tertiary/aromatic N) is 1. The lowest BCUT2D eigenvalue weighted by Crippen LogP contribution is -2.32. The minimum Gasteiger partial charge on any atom is -0.383 e. The highest BCUT2D eigenvalue weighted by Crippen LogP contribution is 2.18. The summed E-state index contributed by atoms with van der Waals surface area (Å²) in [5.41, 5.74) is 0.355. The number of hydrogen-bond donors (Lipinski definition) is 1. The third kappa shape index (κ3) is 3.77. The van der Waals surface area contributed by atoms with Crippen molar-refractivity contribution in [3.63, 3.8) is 0 Å².